The van der Waals surface area contributed by atoms with Gasteiger partial charge in [-0.2, -0.15) is 0 Å². The maximum Gasteiger partial charge on any atom is 0.303 e. The topological polar surface area (TPSA) is 79.3 Å². The molecule has 20 heavy (non-hydrogen) atoms. The molecule has 1 aromatic rings. The molecular formula is C14H20N2O3S. The number of aliphatic carboxylic acids is 1. The third-order valence-corrected chi connectivity index (χ3v) is 3.62. The van der Waals surface area contributed by atoms with Crippen LogP contribution in [-0.4, -0.2) is 28.5 Å². The summed E-state index contributed by atoms with van der Waals surface area (Å²) in [7, 11) is 0. The third-order valence-electron chi connectivity index (χ3n) is 2.83. The minimum atomic E-state index is -0.776. The van der Waals surface area contributed by atoms with Crippen LogP contribution >= 0.6 is 11.3 Å². The third kappa shape index (κ3) is 7.04. The molecule has 0 spiro atoms. The molecule has 1 aromatic heterocycles. The molecule has 2 N–H and O–H groups in total. The molecule has 0 fully saturated rings. The summed E-state index contributed by atoms with van der Waals surface area (Å²) in [6.45, 7) is 4.46. The maximum atomic E-state index is 11.6. The van der Waals surface area contributed by atoms with Gasteiger partial charge >= 0.3 is 5.97 Å². The Morgan fingerprint density at radius 2 is 2.25 bits per heavy atom. The van der Waals surface area contributed by atoms with Crippen molar-refractivity contribution in [3.05, 3.63) is 22.2 Å². The van der Waals surface area contributed by atoms with Crippen molar-refractivity contribution in [1.82, 2.24) is 10.3 Å². The van der Waals surface area contributed by atoms with Crippen molar-refractivity contribution < 1.29 is 14.7 Å². The van der Waals surface area contributed by atoms with Gasteiger partial charge in [-0.3, -0.25) is 9.59 Å². The predicted octanol–water partition coefficient (Wildman–Crippen LogP) is 2.47. The summed E-state index contributed by atoms with van der Waals surface area (Å²) >= 11 is 1.54. The molecule has 0 radical (unpaired) electrons. The largest absolute Gasteiger partial charge is 0.481 e. The van der Waals surface area contributed by atoms with Gasteiger partial charge in [-0.05, 0) is 31.8 Å². The van der Waals surface area contributed by atoms with Gasteiger partial charge in [0.25, 0.3) is 0 Å². The molecular weight excluding hydrogens is 276 g/mol. The van der Waals surface area contributed by atoms with E-state index in [4.69, 9.17) is 5.11 Å². The first kappa shape index (κ1) is 16.4. The van der Waals surface area contributed by atoms with E-state index < -0.39 is 5.97 Å². The average molecular weight is 296 g/mol. The lowest BCUT2D eigenvalue weighted by Gasteiger charge is -2.09. The average Bonchev–Trinajstić information content (AvgIpc) is 2.80. The second kappa shape index (κ2) is 8.47. The van der Waals surface area contributed by atoms with E-state index >= 15 is 0 Å². The molecule has 0 aliphatic carbocycles. The van der Waals surface area contributed by atoms with Crippen molar-refractivity contribution in [1.29, 1.82) is 0 Å². The first-order chi connectivity index (χ1) is 9.47. The van der Waals surface area contributed by atoms with Gasteiger partial charge in [-0.15, -0.1) is 11.3 Å². The van der Waals surface area contributed by atoms with Crippen molar-refractivity contribution in [3.63, 3.8) is 0 Å². The lowest BCUT2D eigenvalue weighted by Crippen LogP contribution is -2.23. The summed E-state index contributed by atoms with van der Waals surface area (Å²) in [5.74, 6) is -0.639. The number of nitrogens with one attached hydrogen (secondary N) is 1. The normalized spacial score (nSPS) is 12.5. The molecule has 0 saturated heterocycles. The number of carbonyl (C=O) groups is 2. The Labute approximate surface area is 122 Å². The maximum absolute atomic E-state index is 11.6. The SMILES string of the molecule is Cc1nc(C=CC(=O)NCCC(C)CCC(=O)O)cs1. The van der Waals surface area contributed by atoms with Crippen LogP contribution in [0.4, 0.5) is 0 Å². The number of carboxylic acid groups (broad SMARTS) is 1. The zero-order valence-corrected chi connectivity index (χ0v) is 12.6. The molecule has 1 unspecified atom stereocenters. The number of rotatable bonds is 8. The molecule has 0 aromatic carbocycles. The van der Waals surface area contributed by atoms with E-state index in [-0.39, 0.29) is 18.2 Å². The van der Waals surface area contributed by atoms with Crippen molar-refractivity contribution in [2.75, 3.05) is 6.54 Å². The van der Waals surface area contributed by atoms with E-state index in [1.807, 2.05) is 19.2 Å². The monoisotopic (exact) mass is 296 g/mol. The van der Waals surface area contributed by atoms with E-state index in [9.17, 15) is 9.59 Å². The minimum absolute atomic E-state index is 0.152. The summed E-state index contributed by atoms with van der Waals surface area (Å²) in [6, 6.07) is 0. The molecule has 6 heteroatoms. The number of hydrogen-bond acceptors (Lipinski definition) is 4. The van der Waals surface area contributed by atoms with Gasteiger partial charge in [0.2, 0.25) is 5.91 Å². The van der Waals surface area contributed by atoms with E-state index in [2.05, 4.69) is 10.3 Å². The Kier molecular flexibility index (Phi) is 6.93. The number of nitrogens with zero attached hydrogens (tertiary/aromatic N) is 1. The molecule has 1 heterocycles. The Morgan fingerprint density at radius 3 is 2.85 bits per heavy atom. The second-order valence-corrected chi connectivity index (χ2v) is 5.80. The van der Waals surface area contributed by atoms with Gasteiger partial charge in [0.05, 0.1) is 10.7 Å². The van der Waals surface area contributed by atoms with Crippen molar-refractivity contribution in [3.8, 4) is 0 Å². The number of thiazole rings is 1. The molecule has 0 saturated carbocycles. The zero-order chi connectivity index (χ0) is 15.0. The highest BCUT2D eigenvalue weighted by Gasteiger charge is 2.05. The molecule has 110 valence electrons. The minimum Gasteiger partial charge on any atom is -0.481 e. The fraction of sp³-hybridized carbons (Fsp3) is 0.500. The molecule has 0 aliphatic heterocycles. The van der Waals surface area contributed by atoms with Gasteiger partial charge < -0.3 is 10.4 Å². The summed E-state index contributed by atoms with van der Waals surface area (Å²) in [6.07, 6.45) is 4.75. The molecule has 1 atom stereocenters. The summed E-state index contributed by atoms with van der Waals surface area (Å²) in [5.41, 5.74) is 0.789. The quantitative estimate of drug-likeness (QED) is 0.722. The summed E-state index contributed by atoms with van der Waals surface area (Å²) in [4.78, 5) is 26.2. The van der Waals surface area contributed by atoms with Gasteiger partial charge in [0.1, 0.15) is 0 Å². The van der Waals surface area contributed by atoms with E-state index in [0.717, 1.165) is 17.1 Å². The number of carbonyl (C=O) groups excluding carboxylic acids is 1. The number of aromatic nitrogens is 1. The van der Waals surface area contributed by atoms with Crippen LogP contribution in [0, 0.1) is 12.8 Å². The number of hydrogen-bond donors (Lipinski definition) is 2. The number of aryl methyl sites for hydroxylation is 1. The fourth-order valence-electron chi connectivity index (χ4n) is 1.63. The van der Waals surface area contributed by atoms with Crippen LogP contribution in [0.2, 0.25) is 0 Å². The van der Waals surface area contributed by atoms with Crippen molar-refractivity contribution >= 4 is 29.3 Å². The standard InChI is InChI=1S/C14H20N2O3S/c1-10(3-6-14(18)19)7-8-15-13(17)5-4-12-9-20-11(2)16-12/h4-5,9-10H,3,6-8H2,1-2H3,(H,15,17)(H,18,19). The first-order valence-corrected chi connectivity index (χ1v) is 7.45. The first-order valence-electron chi connectivity index (χ1n) is 6.57. The van der Waals surface area contributed by atoms with Crippen molar-refractivity contribution in [2.45, 2.75) is 33.1 Å². The molecule has 5 nitrogen and oxygen atoms in total. The molecule has 0 aliphatic rings. The van der Waals surface area contributed by atoms with E-state index in [1.54, 1.807) is 17.4 Å². The van der Waals surface area contributed by atoms with Gasteiger partial charge in [0, 0.05) is 24.4 Å². The van der Waals surface area contributed by atoms with E-state index in [1.165, 1.54) is 6.08 Å². The van der Waals surface area contributed by atoms with Crippen LogP contribution in [0.15, 0.2) is 11.5 Å². The molecule has 1 amide bonds. The molecule has 1 rings (SSSR count). The van der Waals surface area contributed by atoms with Crippen LogP contribution in [0.3, 0.4) is 0 Å². The Morgan fingerprint density at radius 1 is 1.50 bits per heavy atom. The number of amides is 1. The van der Waals surface area contributed by atoms with Crippen LogP contribution in [-0.2, 0) is 9.59 Å². The van der Waals surface area contributed by atoms with Crippen LogP contribution < -0.4 is 5.32 Å². The number of carboxylic acids is 1. The Hall–Kier alpha value is -1.69. The highest BCUT2D eigenvalue weighted by molar-refractivity contribution is 7.09. The predicted molar refractivity (Wildman–Crippen MR) is 79.5 cm³/mol. The van der Waals surface area contributed by atoms with Crippen LogP contribution in [0.1, 0.15) is 36.9 Å². The highest BCUT2D eigenvalue weighted by atomic mass is 32.1. The van der Waals surface area contributed by atoms with Gasteiger partial charge in [-0.1, -0.05) is 6.92 Å². The summed E-state index contributed by atoms with van der Waals surface area (Å²) in [5, 5.41) is 14.2. The zero-order valence-electron chi connectivity index (χ0n) is 11.8. The molecule has 0 bridgehead atoms. The van der Waals surface area contributed by atoms with E-state index in [0.29, 0.717) is 13.0 Å². The highest BCUT2D eigenvalue weighted by Crippen LogP contribution is 2.10. The smallest absolute Gasteiger partial charge is 0.303 e. The van der Waals surface area contributed by atoms with Crippen LogP contribution in [0.5, 0.6) is 0 Å². The lowest BCUT2D eigenvalue weighted by molar-refractivity contribution is -0.137. The Bertz CT molecular complexity index is 483. The van der Waals surface area contributed by atoms with Gasteiger partial charge in [0.15, 0.2) is 0 Å². The Balaban J connectivity index is 2.20. The van der Waals surface area contributed by atoms with Crippen LogP contribution in [0.25, 0.3) is 6.08 Å². The lowest BCUT2D eigenvalue weighted by atomic mass is 10.0. The van der Waals surface area contributed by atoms with Gasteiger partial charge in [-0.25, -0.2) is 4.98 Å². The summed E-state index contributed by atoms with van der Waals surface area (Å²) < 4.78 is 0. The van der Waals surface area contributed by atoms with Crippen molar-refractivity contribution in [2.24, 2.45) is 5.92 Å². The fourth-order valence-corrected chi connectivity index (χ4v) is 2.21. The second-order valence-electron chi connectivity index (χ2n) is 4.74.